The molecule has 0 fully saturated rings. The molecule has 0 aliphatic rings. The van der Waals surface area contributed by atoms with Crippen molar-refractivity contribution in [3.8, 4) is 0 Å². The second-order valence-electron chi connectivity index (χ2n) is 3.93. The molecule has 4 nitrogen and oxygen atoms in total. The molecule has 0 aliphatic carbocycles. The molecular formula is C13H12ClN3O. The molecule has 0 spiro atoms. The molecule has 5 heteroatoms. The Bertz CT molecular complexity index is 599. The van der Waals surface area contributed by atoms with Gasteiger partial charge in [0.05, 0.1) is 10.6 Å². The van der Waals surface area contributed by atoms with Gasteiger partial charge in [-0.3, -0.25) is 9.78 Å². The molecule has 0 unspecified atom stereocenters. The second-order valence-corrected chi connectivity index (χ2v) is 4.34. The van der Waals surface area contributed by atoms with E-state index in [4.69, 9.17) is 11.6 Å². The predicted molar refractivity (Wildman–Crippen MR) is 70.9 cm³/mol. The Morgan fingerprint density at radius 3 is 2.78 bits per heavy atom. The van der Waals surface area contributed by atoms with Gasteiger partial charge in [-0.15, -0.1) is 0 Å². The summed E-state index contributed by atoms with van der Waals surface area (Å²) < 4.78 is 0. The highest BCUT2D eigenvalue weighted by Gasteiger charge is 2.12. The lowest BCUT2D eigenvalue weighted by atomic mass is 10.2. The van der Waals surface area contributed by atoms with E-state index in [0.29, 0.717) is 16.4 Å². The molecule has 0 radical (unpaired) electrons. The summed E-state index contributed by atoms with van der Waals surface area (Å²) in [5.74, 6) is 0.216. The molecule has 0 aromatic carbocycles. The van der Waals surface area contributed by atoms with Crippen LogP contribution in [0, 0.1) is 13.8 Å². The fraction of sp³-hybridized carbons (Fsp3) is 0.154. The zero-order valence-corrected chi connectivity index (χ0v) is 10.8. The van der Waals surface area contributed by atoms with Gasteiger partial charge in [-0.2, -0.15) is 0 Å². The largest absolute Gasteiger partial charge is 0.306 e. The zero-order chi connectivity index (χ0) is 13.1. The number of nitrogens with one attached hydrogen (secondary N) is 1. The van der Waals surface area contributed by atoms with Gasteiger partial charge in [0, 0.05) is 18.1 Å². The van der Waals surface area contributed by atoms with Crippen molar-refractivity contribution in [3.63, 3.8) is 0 Å². The molecular weight excluding hydrogens is 250 g/mol. The van der Waals surface area contributed by atoms with Gasteiger partial charge in [-0.05, 0) is 31.5 Å². The molecule has 2 aromatic rings. The lowest BCUT2D eigenvalue weighted by Crippen LogP contribution is -2.14. The molecule has 1 amide bonds. The van der Waals surface area contributed by atoms with E-state index in [0.717, 1.165) is 11.3 Å². The molecule has 92 valence electrons. The third kappa shape index (κ3) is 2.65. The summed E-state index contributed by atoms with van der Waals surface area (Å²) in [5.41, 5.74) is 2.00. The SMILES string of the molecule is Cc1cc(Cl)c(C(=O)Nc2ncccc2C)cn1. The van der Waals surface area contributed by atoms with E-state index in [1.54, 1.807) is 12.3 Å². The first-order valence-corrected chi connectivity index (χ1v) is 5.81. The molecule has 0 saturated carbocycles. The number of hydrogen-bond acceptors (Lipinski definition) is 3. The van der Waals surface area contributed by atoms with E-state index in [1.165, 1.54) is 6.20 Å². The molecule has 18 heavy (non-hydrogen) atoms. The third-order valence-electron chi connectivity index (χ3n) is 2.48. The van der Waals surface area contributed by atoms with Crippen LogP contribution in [0.2, 0.25) is 5.02 Å². The van der Waals surface area contributed by atoms with Crippen molar-refractivity contribution >= 4 is 23.3 Å². The third-order valence-corrected chi connectivity index (χ3v) is 2.79. The lowest BCUT2D eigenvalue weighted by molar-refractivity contribution is 0.102. The predicted octanol–water partition coefficient (Wildman–Crippen LogP) is 3.00. The summed E-state index contributed by atoms with van der Waals surface area (Å²) >= 11 is 6.01. The minimum Gasteiger partial charge on any atom is -0.306 e. The molecule has 2 heterocycles. The maximum atomic E-state index is 12.0. The summed E-state index contributed by atoms with van der Waals surface area (Å²) in [5, 5.41) is 3.10. The van der Waals surface area contributed by atoms with Gasteiger partial charge in [0.25, 0.3) is 5.91 Å². The molecule has 0 atom stereocenters. The van der Waals surface area contributed by atoms with Gasteiger partial charge in [-0.1, -0.05) is 17.7 Å². The maximum Gasteiger partial charge on any atom is 0.259 e. The Labute approximate surface area is 110 Å². The summed E-state index contributed by atoms with van der Waals surface area (Å²) in [7, 11) is 0. The number of amides is 1. The van der Waals surface area contributed by atoms with Crippen LogP contribution in [0.3, 0.4) is 0 Å². The fourth-order valence-corrected chi connectivity index (χ4v) is 1.78. The Balaban J connectivity index is 2.25. The first kappa shape index (κ1) is 12.5. The van der Waals surface area contributed by atoms with E-state index in [1.807, 2.05) is 26.0 Å². The van der Waals surface area contributed by atoms with Crippen molar-refractivity contribution < 1.29 is 4.79 Å². The van der Waals surface area contributed by atoms with Gasteiger partial charge in [0.15, 0.2) is 0 Å². The second kappa shape index (κ2) is 5.14. The quantitative estimate of drug-likeness (QED) is 0.904. The van der Waals surface area contributed by atoms with E-state index < -0.39 is 0 Å². The van der Waals surface area contributed by atoms with Crippen LogP contribution in [0.25, 0.3) is 0 Å². The number of carbonyl (C=O) groups is 1. The first-order valence-electron chi connectivity index (χ1n) is 5.43. The Hall–Kier alpha value is -1.94. The normalized spacial score (nSPS) is 10.2. The minimum absolute atomic E-state index is 0.311. The van der Waals surface area contributed by atoms with Crippen LogP contribution in [-0.4, -0.2) is 15.9 Å². The summed E-state index contributed by atoms with van der Waals surface area (Å²) in [4.78, 5) is 20.2. The highest BCUT2D eigenvalue weighted by Crippen LogP contribution is 2.18. The Kier molecular flexibility index (Phi) is 3.58. The summed E-state index contributed by atoms with van der Waals surface area (Å²) in [6.07, 6.45) is 3.09. The first-order chi connectivity index (χ1) is 8.58. The number of aryl methyl sites for hydroxylation is 2. The standard InChI is InChI=1S/C13H12ClN3O/c1-8-4-3-5-15-12(8)17-13(18)10-7-16-9(2)6-11(10)14/h3-7H,1-2H3,(H,15,17,18). The van der Waals surface area contributed by atoms with Crippen LogP contribution in [0.5, 0.6) is 0 Å². The molecule has 1 N–H and O–H groups in total. The van der Waals surface area contributed by atoms with Gasteiger partial charge in [0.2, 0.25) is 0 Å². The number of nitrogens with zero attached hydrogens (tertiary/aromatic N) is 2. The van der Waals surface area contributed by atoms with Gasteiger partial charge < -0.3 is 5.32 Å². The number of aromatic nitrogens is 2. The minimum atomic E-state index is -0.311. The van der Waals surface area contributed by atoms with Gasteiger partial charge in [-0.25, -0.2) is 4.98 Å². The number of rotatable bonds is 2. The van der Waals surface area contributed by atoms with Crippen LogP contribution in [0.1, 0.15) is 21.6 Å². The van der Waals surface area contributed by atoms with Gasteiger partial charge >= 0.3 is 0 Å². The topological polar surface area (TPSA) is 54.9 Å². The monoisotopic (exact) mass is 261 g/mol. The smallest absolute Gasteiger partial charge is 0.259 e. The van der Waals surface area contributed by atoms with Crippen molar-refractivity contribution in [1.29, 1.82) is 0 Å². The molecule has 2 rings (SSSR count). The molecule has 0 saturated heterocycles. The van der Waals surface area contributed by atoms with Crippen molar-refractivity contribution in [1.82, 2.24) is 9.97 Å². The van der Waals surface area contributed by atoms with Crippen molar-refractivity contribution in [2.45, 2.75) is 13.8 Å². The van der Waals surface area contributed by atoms with Crippen LogP contribution in [-0.2, 0) is 0 Å². The van der Waals surface area contributed by atoms with Crippen molar-refractivity contribution in [2.75, 3.05) is 5.32 Å². The zero-order valence-electron chi connectivity index (χ0n) is 10.1. The highest BCUT2D eigenvalue weighted by molar-refractivity contribution is 6.34. The fourth-order valence-electron chi connectivity index (χ4n) is 1.48. The lowest BCUT2D eigenvalue weighted by Gasteiger charge is -2.08. The van der Waals surface area contributed by atoms with E-state index in [2.05, 4.69) is 15.3 Å². The summed E-state index contributed by atoms with van der Waals surface area (Å²) in [6.45, 7) is 3.69. The number of hydrogen-bond donors (Lipinski definition) is 1. The highest BCUT2D eigenvalue weighted by atomic mass is 35.5. The summed E-state index contributed by atoms with van der Waals surface area (Å²) in [6, 6.07) is 5.34. The molecule has 0 aliphatic heterocycles. The average molecular weight is 262 g/mol. The van der Waals surface area contributed by atoms with E-state index in [9.17, 15) is 4.79 Å². The van der Waals surface area contributed by atoms with Crippen LogP contribution >= 0.6 is 11.6 Å². The number of anilines is 1. The maximum absolute atomic E-state index is 12.0. The van der Waals surface area contributed by atoms with Crippen LogP contribution in [0.15, 0.2) is 30.6 Å². The molecule has 0 bridgehead atoms. The van der Waals surface area contributed by atoms with Gasteiger partial charge in [0.1, 0.15) is 5.82 Å². The number of carbonyl (C=O) groups excluding carboxylic acids is 1. The Morgan fingerprint density at radius 1 is 1.33 bits per heavy atom. The van der Waals surface area contributed by atoms with Crippen LogP contribution < -0.4 is 5.32 Å². The van der Waals surface area contributed by atoms with Crippen LogP contribution in [0.4, 0.5) is 5.82 Å². The van der Waals surface area contributed by atoms with E-state index >= 15 is 0 Å². The van der Waals surface area contributed by atoms with Crippen molar-refractivity contribution in [2.24, 2.45) is 0 Å². The molecule has 2 aromatic heterocycles. The number of pyridine rings is 2. The Morgan fingerprint density at radius 2 is 2.11 bits per heavy atom. The van der Waals surface area contributed by atoms with E-state index in [-0.39, 0.29) is 5.91 Å². The number of halogens is 1. The van der Waals surface area contributed by atoms with Crippen molar-refractivity contribution in [3.05, 3.63) is 52.4 Å². The average Bonchev–Trinajstić information content (AvgIpc) is 2.32.